The molecule has 0 aliphatic carbocycles. The first-order valence-electron chi connectivity index (χ1n) is 11.8. The number of piperazine rings is 1. The largest absolute Gasteiger partial charge is 0.368 e. The first-order chi connectivity index (χ1) is 16.5. The second-order valence-corrected chi connectivity index (χ2v) is 9.47. The monoisotopic (exact) mass is 472 g/mol. The smallest absolute Gasteiger partial charge is 0.223 e. The normalized spacial score (nSPS) is 15.0. The molecule has 0 saturated carbocycles. The fraction of sp³-hybridized carbons (Fsp3) is 0.286. The Labute approximate surface area is 205 Å². The number of amides is 1. The molecular formula is C28H29ClN4O. The summed E-state index contributed by atoms with van der Waals surface area (Å²) in [5.41, 5.74) is 6.60. The molecule has 0 spiro atoms. The molecule has 1 unspecified atom stereocenters. The van der Waals surface area contributed by atoms with Crippen molar-refractivity contribution in [3.63, 3.8) is 0 Å². The zero-order valence-corrected chi connectivity index (χ0v) is 20.4. The van der Waals surface area contributed by atoms with Crippen molar-refractivity contribution in [3.8, 4) is 0 Å². The summed E-state index contributed by atoms with van der Waals surface area (Å²) in [4.78, 5) is 22.5. The van der Waals surface area contributed by atoms with Crippen LogP contribution in [0.1, 0.15) is 34.7 Å². The van der Waals surface area contributed by atoms with Gasteiger partial charge in [-0.25, -0.2) is 4.98 Å². The summed E-state index contributed by atoms with van der Waals surface area (Å²) < 4.78 is 2.14. The Kier molecular flexibility index (Phi) is 6.29. The van der Waals surface area contributed by atoms with Crippen LogP contribution in [0.2, 0.25) is 5.02 Å². The van der Waals surface area contributed by atoms with Crippen molar-refractivity contribution in [2.24, 2.45) is 0 Å². The Hall–Kier alpha value is -3.31. The number of fused-ring (bicyclic) bond motifs is 1. The average Bonchev–Trinajstić information content (AvgIpc) is 3.28. The predicted molar refractivity (Wildman–Crippen MR) is 138 cm³/mol. The van der Waals surface area contributed by atoms with Crippen LogP contribution in [0.15, 0.2) is 73.1 Å². The van der Waals surface area contributed by atoms with Crippen LogP contribution in [0.25, 0.3) is 5.65 Å². The zero-order chi connectivity index (χ0) is 23.7. The Balaban J connectivity index is 1.38. The van der Waals surface area contributed by atoms with Crippen LogP contribution in [0.5, 0.6) is 0 Å². The molecule has 6 heteroatoms. The zero-order valence-electron chi connectivity index (χ0n) is 19.6. The fourth-order valence-corrected chi connectivity index (χ4v) is 5.16. The number of imidazole rings is 1. The molecule has 0 N–H and O–H groups in total. The number of carbonyl (C=O) groups is 1. The average molecular weight is 473 g/mol. The van der Waals surface area contributed by atoms with Gasteiger partial charge in [0.05, 0.1) is 5.69 Å². The maximum Gasteiger partial charge on any atom is 0.223 e. The third-order valence-corrected chi connectivity index (χ3v) is 7.10. The SMILES string of the molecule is Cc1ccccc1C(CC(=O)N1CCN(c2cccc(Cl)c2)CC1)c1cnc2c(C)cccn12. The van der Waals surface area contributed by atoms with Gasteiger partial charge in [0.1, 0.15) is 5.65 Å². The van der Waals surface area contributed by atoms with Crippen LogP contribution in [-0.4, -0.2) is 46.4 Å². The van der Waals surface area contributed by atoms with Gasteiger partial charge in [-0.05, 0) is 54.8 Å². The highest BCUT2D eigenvalue weighted by Gasteiger charge is 2.28. The van der Waals surface area contributed by atoms with E-state index in [1.54, 1.807) is 0 Å². The Morgan fingerprint density at radius 2 is 1.74 bits per heavy atom. The standard InChI is InChI=1S/C28H29ClN4O/c1-20-7-3-4-11-24(20)25(26-19-30-28-21(2)8-6-12-33(26)28)18-27(34)32-15-13-31(14-16-32)23-10-5-9-22(29)17-23/h3-12,17,19,25H,13-16,18H2,1-2H3. The fourth-order valence-electron chi connectivity index (χ4n) is 4.97. The first kappa shape index (κ1) is 22.5. The first-order valence-corrected chi connectivity index (χ1v) is 12.2. The number of anilines is 1. The molecule has 3 heterocycles. The molecule has 2 aromatic heterocycles. The second-order valence-electron chi connectivity index (χ2n) is 9.03. The van der Waals surface area contributed by atoms with Crippen molar-refractivity contribution in [2.45, 2.75) is 26.2 Å². The van der Waals surface area contributed by atoms with Crippen LogP contribution in [-0.2, 0) is 4.79 Å². The van der Waals surface area contributed by atoms with E-state index in [4.69, 9.17) is 11.6 Å². The van der Waals surface area contributed by atoms with Gasteiger partial charge in [-0.15, -0.1) is 0 Å². The van der Waals surface area contributed by atoms with Crippen molar-refractivity contribution in [3.05, 3.63) is 100 Å². The number of carbonyl (C=O) groups excluding carboxylic acids is 1. The van der Waals surface area contributed by atoms with Crippen molar-refractivity contribution >= 4 is 28.8 Å². The lowest BCUT2D eigenvalue weighted by atomic mass is 9.89. The van der Waals surface area contributed by atoms with Crippen molar-refractivity contribution < 1.29 is 4.79 Å². The van der Waals surface area contributed by atoms with Gasteiger partial charge in [-0.3, -0.25) is 4.79 Å². The molecule has 1 aliphatic rings. The van der Waals surface area contributed by atoms with Gasteiger partial charge in [0.15, 0.2) is 0 Å². The second kappa shape index (κ2) is 9.51. The third kappa shape index (κ3) is 4.40. The third-order valence-electron chi connectivity index (χ3n) is 6.86. The van der Waals surface area contributed by atoms with Gasteiger partial charge in [0.25, 0.3) is 0 Å². The van der Waals surface area contributed by atoms with Crippen molar-refractivity contribution in [2.75, 3.05) is 31.1 Å². The number of aryl methyl sites for hydroxylation is 2. The van der Waals surface area contributed by atoms with Crippen LogP contribution in [0.3, 0.4) is 0 Å². The molecule has 1 atom stereocenters. The van der Waals surface area contributed by atoms with Gasteiger partial charge in [-0.1, -0.05) is 48.0 Å². The van der Waals surface area contributed by atoms with E-state index in [1.807, 2.05) is 47.6 Å². The molecular weight excluding hydrogens is 444 g/mol. The number of nitrogens with zero attached hydrogens (tertiary/aromatic N) is 4. The summed E-state index contributed by atoms with van der Waals surface area (Å²) in [5, 5.41) is 0.736. The lowest BCUT2D eigenvalue weighted by Crippen LogP contribution is -2.49. The molecule has 1 amide bonds. The minimum Gasteiger partial charge on any atom is -0.368 e. The number of aromatic nitrogens is 2. The summed E-state index contributed by atoms with van der Waals surface area (Å²) in [6.45, 7) is 7.20. The number of pyridine rings is 1. The van der Waals surface area contributed by atoms with E-state index in [-0.39, 0.29) is 11.8 Å². The molecule has 5 nitrogen and oxygen atoms in total. The van der Waals surface area contributed by atoms with E-state index in [1.165, 1.54) is 11.1 Å². The number of rotatable bonds is 5. The molecule has 34 heavy (non-hydrogen) atoms. The van der Waals surface area contributed by atoms with Gasteiger partial charge in [0.2, 0.25) is 5.91 Å². The number of hydrogen-bond acceptors (Lipinski definition) is 3. The molecule has 174 valence electrons. The molecule has 1 aliphatic heterocycles. The van der Waals surface area contributed by atoms with E-state index >= 15 is 0 Å². The van der Waals surface area contributed by atoms with E-state index in [2.05, 4.69) is 58.5 Å². The molecule has 1 saturated heterocycles. The lowest BCUT2D eigenvalue weighted by molar-refractivity contribution is -0.131. The highest BCUT2D eigenvalue weighted by Crippen LogP contribution is 2.32. The molecule has 1 fully saturated rings. The van der Waals surface area contributed by atoms with Crippen LogP contribution in [0, 0.1) is 13.8 Å². The summed E-state index contributed by atoms with van der Waals surface area (Å²) in [5.74, 6) is 0.123. The molecule has 4 aromatic rings. The molecule has 0 bridgehead atoms. The number of hydrogen-bond donors (Lipinski definition) is 0. The van der Waals surface area contributed by atoms with E-state index in [9.17, 15) is 4.79 Å². The van der Waals surface area contributed by atoms with Crippen LogP contribution in [0.4, 0.5) is 5.69 Å². The number of benzene rings is 2. The molecule has 5 rings (SSSR count). The summed E-state index contributed by atoms with van der Waals surface area (Å²) >= 11 is 6.17. The molecule has 2 aromatic carbocycles. The van der Waals surface area contributed by atoms with Crippen molar-refractivity contribution in [1.29, 1.82) is 0 Å². The molecule has 0 radical (unpaired) electrons. The number of halogens is 1. The van der Waals surface area contributed by atoms with Gasteiger partial charge in [0, 0.05) is 61.6 Å². The summed E-state index contributed by atoms with van der Waals surface area (Å²) in [6.07, 6.45) is 4.40. The topological polar surface area (TPSA) is 40.9 Å². The summed E-state index contributed by atoms with van der Waals surface area (Å²) in [7, 11) is 0. The van der Waals surface area contributed by atoms with E-state index < -0.39 is 0 Å². The Morgan fingerprint density at radius 1 is 0.971 bits per heavy atom. The minimum absolute atomic E-state index is 0.0588. The maximum atomic E-state index is 13.5. The summed E-state index contributed by atoms with van der Waals surface area (Å²) in [6, 6.07) is 20.4. The van der Waals surface area contributed by atoms with Crippen LogP contribution < -0.4 is 4.90 Å². The lowest BCUT2D eigenvalue weighted by Gasteiger charge is -2.37. The van der Waals surface area contributed by atoms with Crippen molar-refractivity contribution in [1.82, 2.24) is 14.3 Å². The van der Waals surface area contributed by atoms with Crippen LogP contribution >= 0.6 is 11.6 Å². The van der Waals surface area contributed by atoms with Gasteiger partial charge < -0.3 is 14.2 Å². The van der Waals surface area contributed by atoms with E-state index in [0.717, 1.165) is 40.7 Å². The quantitative estimate of drug-likeness (QED) is 0.386. The Bertz CT molecular complexity index is 1320. The van der Waals surface area contributed by atoms with Gasteiger partial charge in [-0.2, -0.15) is 0 Å². The van der Waals surface area contributed by atoms with Gasteiger partial charge >= 0.3 is 0 Å². The minimum atomic E-state index is -0.0588. The maximum absolute atomic E-state index is 13.5. The highest BCUT2D eigenvalue weighted by atomic mass is 35.5. The predicted octanol–water partition coefficient (Wildman–Crippen LogP) is 5.48. The highest BCUT2D eigenvalue weighted by molar-refractivity contribution is 6.30. The van der Waals surface area contributed by atoms with E-state index in [0.29, 0.717) is 19.5 Å². The Morgan fingerprint density at radius 3 is 2.50 bits per heavy atom.